The van der Waals surface area contributed by atoms with Gasteiger partial charge in [-0.05, 0) is 50.3 Å². The van der Waals surface area contributed by atoms with Gasteiger partial charge in [0.15, 0.2) is 11.5 Å². The average molecular weight is 344 g/mol. The van der Waals surface area contributed by atoms with Crippen LogP contribution in [0.2, 0.25) is 0 Å². The van der Waals surface area contributed by atoms with Gasteiger partial charge in [0.2, 0.25) is 0 Å². The van der Waals surface area contributed by atoms with E-state index in [-0.39, 0.29) is 11.9 Å². The van der Waals surface area contributed by atoms with Gasteiger partial charge in [-0.2, -0.15) is 0 Å². The number of hydrogen-bond donors (Lipinski definition) is 1. The van der Waals surface area contributed by atoms with Crippen LogP contribution in [0.5, 0.6) is 11.5 Å². The predicted octanol–water partition coefficient (Wildman–Crippen LogP) is 3.41. The highest BCUT2D eigenvalue weighted by Crippen LogP contribution is 2.43. The normalized spacial score (nSPS) is 17.4. The van der Waals surface area contributed by atoms with Crippen molar-refractivity contribution in [1.29, 1.82) is 0 Å². The van der Waals surface area contributed by atoms with E-state index in [9.17, 15) is 4.79 Å². The van der Waals surface area contributed by atoms with E-state index in [1.807, 2.05) is 32.0 Å². The Hall–Kier alpha value is -2.08. The van der Waals surface area contributed by atoms with Crippen molar-refractivity contribution in [2.45, 2.75) is 32.7 Å². The number of carbonyl (C=O) groups excluding carboxylic acids is 1. The summed E-state index contributed by atoms with van der Waals surface area (Å²) in [5, 5.41) is 4.12. The van der Waals surface area contributed by atoms with Crippen molar-refractivity contribution >= 4 is 17.2 Å². The molecule has 0 bridgehead atoms. The zero-order valence-corrected chi connectivity index (χ0v) is 14.6. The van der Waals surface area contributed by atoms with Crippen molar-refractivity contribution in [3.05, 3.63) is 39.3 Å². The van der Waals surface area contributed by atoms with Crippen molar-refractivity contribution in [1.82, 2.24) is 10.3 Å². The van der Waals surface area contributed by atoms with E-state index in [2.05, 4.69) is 10.3 Å². The predicted molar refractivity (Wildman–Crippen MR) is 92.0 cm³/mol. The molecule has 0 spiro atoms. The number of aromatic nitrogens is 1. The van der Waals surface area contributed by atoms with E-state index in [1.54, 1.807) is 0 Å². The highest BCUT2D eigenvalue weighted by Gasteiger charge is 2.34. The van der Waals surface area contributed by atoms with E-state index in [4.69, 9.17) is 9.47 Å². The smallest absolute Gasteiger partial charge is 0.263 e. The molecule has 1 aliphatic carbocycles. The Kier molecular flexibility index (Phi) is 3.92. The summed E-state index contributed by atoms with van der Waals surface area (Å²) in [5.74, 6) is 2.00. The Bertz CT molecular complexity index is 783. The van der Waals surface area contributed by atoms with Crippen LogP contribution < -0.4 is 14.8 Å². The number of nitrogens with zero attached hydrogens (tertiary/aromatic N) is 1. The van der Waals surface area contributed by atoms with Gasteiger partial charge in [-0.3, -0.25) is 4.79 Å². The maximum absolute atomic E-state index is 12.7. The number of nitrogens with one attached hydrogen (secondary N) is 1. The lowest BCUT2D eigenvalue weighted by atomic mass is 10.0. The zero-order chi connectivity index (χ0) is 16.7. The second-order valence-electron chi connectivity index (χ2n) is 6.34. The highest BCUT2D eigenvalue weighted by molar-refractivity contribution is 7.13. The van der Waals surface area contributed by atoms with Crippen molar-refractivity contribution in [3.63, 3.8) is 0 Å². The molecular weight excluding hydrogens is 324 g/mol. The van der Waals surface area contributed by atoms with Gasteiger partial charge >= 0.3 is 0 Å². The van der Waals surface area contributed by atoms with Crippen molar-refractivity contribution in [2.24, 2.45) is 5.92 Å². The highest BCUT2D eigenvalue weighted by atomic mass is 32.1. The number of carbonyl (C=O) groups is 1. The third kappa shape index (κ3) is 2.98. The van der Waals surface area contributed by atoms with E-state index in [0.717, 1.165) is 40.6 Å². The number of hydrogen-bond acceptors (Lipinski definition) is 5. The maximum atomic E-state index is 12.7. The Balaban J connectivity index is 1.59. The fraction of sp³-hybridized carbons (Fsp3) is 0.444. The van der Waals surface area contributed by atoms with Crippen LogP contribution in [0.1, 0.15) is 44.8 Å². The molecule has 1 amide bonds. The second-order valence-corrected chi connectivity index (χ2v) is 7.54. The van der Waals surface area contributed by atoms with Crippen LogP contribution in [0.4, 0.5) is 0 Å². The summed E-state index contributed by atoms with van der Waals surface area (Å²) in [7, 11) is 0. The van der Waals surface area contributed by atoms with Crippen LogP contribution in [-0.4, -0.2) is 24.1 Å². The van der Waals surface area contributed by atoms with Crippen molar-refractivity contribution < 1.29 is 14.3 Å². The molecule has 2 aromatic rings. The van der Waals surface area contributed by atoms with Crippen LogP contribution in [0, 0.1) is 19.8 Å². The summed E-state index contributed by atoms with van der Waals surface area (Å²) < 4.78 is 11.3. The zero-order valence-electron chi connectivity index (χ0n) is 13.8. The van der Waals surface area contributed by atoms with Crippen LogP contribution in [0.3, 0.4) is 0 Å². The average Bonchev–Trinajstić information content (AvgIpc) is 3.36. The SMILES string of the molecule is Cc1nc(C)c(C(=O)NC(c2ccc3c(c2)OCCO3)C2CC2)s1. The fourth-order valence-corrected chi connectivity index (χ4v) is 3.93. The van der Waals surface area contributed by atoms with Gasteiger partial charge in [-0.1, -0.05) is 6.07 Å². The molecule has 4 rings (SSSR count). The number of aryl methyl sites for hydroxylation is 2. The van der Waals surface area contributed by atoms with Crippen LogP contribution in [-0.2, 0) is 0 Å². The molecule has 1 aromatic heterocycles. The molecule has 1 fully saturated rings. The van der Waals surface area contributed by atoms with E-state index in [0.29, 0.717) is 24.0 Å². The van der Waals surface area contributed by atoms with Gasteiger partial charge in [-0.15, -0.1) is 11.3 Å². The first-order valence-electron chi connectivity index (χ1n) is 8.26. The number of amides is 1. The first-order chi connectivity index (χ1) is 11.6. The number of thiazole rings is 1. The van der Waals surface area contributed by atoms with Crippen LogP contribution in [0.25, 0.3) is 0 Å². The molecule has 1 saturated carbocycles. The van der Waals surface area contributed by atoms with E-state index >= 15 is 0 Å². The largest absolute Gasteiger partial charge is 0.486 e. The Morgan fingerprint density at radius 1 is 1.25 bits per heavy atom. The first-order valence-corrected chi connectivity index (χ1v) is 9.08. The molecule has 1 aromatic carbocycles. The number of fused-ring (bicyclic) bond motifs is 1. The van der Waals surface area contributed by atoms with Gasteiger partial charge < -0.3 is 14.8 Å². The molecule has 5 nitrogen and oxygen atoms in total. The van der Waals surface area contributed by atoms with Gasteiger partial charge in [0, 0.05) is 0 Å². The minimum Gasteiger partial charge on any atom is -0.486 e. The summed E-state index contributed by atoms with van der Waals surface area (Å²) in [6.07, 6.45) is 2.28. The standard InChI is InChI=1S/C18H20N2O3S/c1-10-17(24-11(2)19-10)18(21)20-16(12-3-4-12)13-5-6-14-15(9-13)23-8-7-22-14/h5-6,9,12,16H,3-4,7-8H2,1-2H3,(H,20,21). The fourth-order valence-electron chi connectivity index (χ4n) is 3.11. The van der Waals surface area contributed by atoms with Gasteiger partial charge in [-0.25, -0.2) is 4.98 Å². The molecule has 1 unspecified atom stereocenters. The third-order valence-electron chi connectivity index (χ3n) is 4.42. The Morgan fingerprint density at radius 2 is 2.00 bits per heavy atom. The topological polar surface area (TPSA) is 60.5 Å². The molecule has 0 radical (unpaired) electrons. The summed E-state index contributed by atoms with van der Waals surface area (Å²) >= 11 is 1.45. The quantitative estimate of drug-likeness (QED) is 0.923. The first kappa shape index (κ1) is 15.4. The Morgan fingerprint density at radius 3 is 2.67 bits per heavy atom. The van der Waals surface area contributed by atoms with Crippen molar-refractivity contribution in [3.8, 4) is 11.5 Å². The summed E-state index contributed by atoms with van der Waals surface area (Å²) in [5.41, 5.74) is 1.88. The summed E-state index contributed by atoms with van der Waals surface area (Å²) in [6.45, 7) is 4.96. The molecule has 2 heterocycles. The Labute approximate surface area is 145 Å². The van der Waals surface area contributed by atoms with Gasteiger partial charge in [0.25, 0.3) is 5.91 Å². The summed E-state index contributed by atoms with van der Waals surface area (Å²) in [4.78, 5) is 17.7. The van der Waals surface area contributed by atoms with Gasteiger partial charge in [0.1, 0.15) is 18.1 Å². The van der Waals surface area contributed by atoms with Crippen LogP contribution in [0.15, 0.2) is 18.2 Å². The molecule has 1 atom stereocenters. The number of ether oxygens (including phenoxy) is 2. The molecule has 1 aliphatic heterocycles. The lowest BCUT2D eigenvalue weighted by molar-refractivity contribution is 0.0934. The lowest BCUT2D eigenvalue weighted by Gasteiger charge is -2.23. The molecule has 1 N–H and O–H groups in total. The molecular formula is C18H20N2O3S. The minimum atomic E-state index is -0.0371. The molecule has 126 valence electrons. The van der Waals surface area contributed by atoms with Crippen molar-refractivity contribution in [2.75, 3.05) is 13.2 Å². The third-order valence-corrected chi connectivity index (χ3v) is 5.49. The molecule has 2 aliphatic rings. The molecule has 0 saturated heterocycles. The number of benzene rings is 1. The second kappa shape index (κ2) is 6.09. The lowest BCUT2D eigenvalue weighted by Crippen LogP contribution is -2.30. The molecule has 6 heteroatoms. The monoisotopic (exact) mass is 344 g/mol. The van der Waals surface area contributed by atoms with E-state index in [1.165, 1.54) is 11.3 Å². The van der Waals surface area contributed by atoms with Gasteiger partial charge in [0.05, 0.1) is 16.7 Å². The molecule has 24 heavy (non-hydrogen) atoms. The summed E-state index contributed by atoms with van der Waals surface area (Å²) in [6, 6.07) is 5.98. The maximum Gasteiger partial charge on any atom is 0.263 e. The number of rotatable bonds is 4. The minimum absolute atomic E-state index is 0.00938. The van der Waals surface area contributed by atoms with E-state index < -0.39 is 0 Å². The van der Waals surface area contributed by atoms with Crippen LogP contribution >= 0.6 is 11.3 Å².